The van der Waals surface area contributed by atoms with Crippen LogP contribution in [0.1, 0.15) is 35.3 Å². The molecule has 0 atom stereocenters. The zero-order chi connectivity index (χ0) is 12.3. The van der Waals surface area contributed by atoms with Crippen molar-refractivity contribution in [3.05, 3.63) is 15.6 Å². The van der Waals surface area contributed by atoms with Gasteiger partial charge in [0.15, 0.2) is 0 Å². The van der Waals surface area contributed by atoms with E-state index in [0.717, 1.165) is 41.6 Å². The maximum atomic E-state index is 10.8. The molecule has 1 fully saturated rings. The lowest BCUT2D eigenvalue weighted by atomic mass is 10.2. The summed E-state index contributed by atoms with van der Waals surface area (Å²) in [4.78, 5) is 18.6. The number of aliphatic carboxylic acids is 1. The summed E-state index contributed by atoms with van der Waals surface area (Å²) in [5.74, 6) is -0.768. The van der Waals surface area contributed by atoms with Crippen LogP contribution in [0.25, 0.3) is 0 Å². The highest BCUT2D eigenvalue weighted by atomic mass is 32.1. The third-order valence-corrected chi connectivity index (χ3v) is 4.11. The molecule has 0 aromatic carbocycles. The fourth-order valence-electron chi connectivity index (χ4n) is 2.19. The molecule has 1 aromatic heterocycles. The molecule has 0 amide bonds. The summed E-state index contributed by atoms with van der Waals surface area (Å²) in [5.41, 5.74) is 0.964. The Morgan fingerprint density at radius 1 is 1.47 bits per heavy atom. The van der Waals surface area contributed by atoms with Gasteiger partial charge in [0.1, 0.15) is 5.01 Å². The molecule has 1 aromatic rings. The molecular weight excluding hydrogens is 236 g/mol. The summed E-state index contributed by atoms with van der Waals surface area (Å²) in [7, 11) is 0. The quantitative estimate of drug-likeness (QED) is 0.872. The monoisotopic (exact) mass is 254 g/mol. The Bertz CT molecular complexity index is 397. The SMILES string of the molecule is CCc1nc(CN2CCCC2)sc1CC(=O)O. The molecule has 1 saturated heterocycles. The van der Waals surface area contributed by atoms with Crippen LogP contribution in [0, 0.1) is 0 Å². The highest BCUT2D eigenvalue weighted by molar-refractivity contribution is 7.11. The lowest BCUT2D eigenvalue weighted by Gasteiger charge is -2.11. The van der Waals surface area contributed by atoms with E-state index in [1.807, 2.05) is 6.92 Å². The number of carbonyl (C=O) groups is 1. The van der Waals surface area contributed by atoms with E-state index in [1.54, 1.807) is 11.3 Å². The molecule has 0 spiro atoms. The Kier molecular flexibility index (Phi) is 4.12. The van der Waals surface area contributed by atoms with Crippen LogP contribution in [-0.4, -0.2) is 34.0 Å². The Hall–Kier alpha value is -0.940. The number of aryl methyl sites for hydroxylation is 1. The Morgan fingerprint density at radius 3 is 2.76 bits per heavy atom. The van der Waals surface area contributed by atoms with E-state index >= 15 is 0 Å². The number of carboxylic acid groups (broad SMARTS) is 1. The van der Waals surface area contributed by atoms with Crippen molar-refractivity contribution < 1.29 is 9.90 Å². The molecule has 0 bridgehead atoms. The summed E-state index contributed by atoms with van der Waals surface area (Å²) in [6, 6.07) is 0. The number of aromatic nitrogens is 1. The summed E-state index contributed by atoms with van der Waals surface area (Å²) in [6.07, 6.45) is 3.47. The molecule has 1 N–H and O–H groups in total. The molecule has 5 heteroatoms. The number of hydrogen-bond donors (Lipinski definition) is 1. The minimum absolute atomic E-state index is 0.112. The van der Waals surface area contributed by atoms with E-state index in [1.165, 1.54) is 12.8 Å². The van der Waals surface area contributed by atoms with Gasteiger partial charge in [0.05, 0.1) is 18.7 Å². The third kappa shape index (κ3) is 3.26. The molecule has 1 aliphatic rings. The molecule has 0 aliphatic carbocycles. The van der Waals surface area contributed by atoms with Gasteiger partial charge in [-0.25, -0.2) is 4.98 Å². The van der Waals surface area contributed by atoms with Crippen LogP contribution in [0.3, 0.4) is 0 Å². The van der Waals surface area contributed by atoms with Crippen molar-refractivity contribution in [2.24, 2.45) is 0 Å². The van der Waals surface area contributed by atoms with E-state index in [0.29, 0.717) is 0 Å². The van der Waals surface area contributed by atoms with Gasteiger partial charge < -0.3 is 5.11 Å². The average Bonchev–Trinajstić information content (AvgIpc) is 2.88. The standard InChI is InChI=1S/C12H18N2O2S/c1-2-9-10(7-12(15)16)17-11(13-9)8-14-5-3-4-6-14/h2-8H2,1H3,(H,15,16). The first-order valence-electron chi connectivity index (χ1n) is 6.10. The second-order valence-corrected chi connectivity index (χ2v) is 5.55. The van der Waals surface area contributed by atoms with Crippen LogP contribution >= 0.6 is 11.3 Å². The highest BCUT2D eigenvalue weighted by Crippen LogP contribution is 2.22. The topological polar surface area (TPSA) is 53.4 Å². The van der Waals surface area contributed by atoms with Gasteiger partial charge >= 0.3 is 5.97 Å². The minimum Gasteiger partial charge on any atom is -0.481 e. The number of hydrogen-bond acceptors (Lipinski definition) is 4. The summed E-state index contributed by atoms with van der Waals surface area (Å²) in [6.45, 7) is 5.21. The Labute approximate surface area is 105 Å². The van der Waals surface area contributed by atoms with Crippen molar-refractivity contribution in [1.82, 2.24) is 9.88 Å². The van der Waals surface area contributed by atoms with Gasteiger partial charge in [-0.2, -0.15) is 0 Å². The normalized spacial score (nSPS) is 16.5. The Morgan fingerprint density at radius 2 is 2.18 bits per heavy atom. The molecule has 94 valence electrons. The first kappa shape index (κ1) is 12.5. The zero-order valence-corrected chi connectivity index (χ0v) is 10.9. The number of likely N-dealkylation sites (tertiary alicyclic amines) is 1. The van der Waals surface area contributed by atoms with Crippen LogP contribution < -0.4 is 0 Å². The average molecular weight is 254 g/mol. The van der Waals surface area contributed by atoms with Crippen LogP contribution in [0.4, 0.5) is 0 Å². The molecule has 1 aliphatic heterocycles. The van der Waals surface area contributed by atoms with Crippen molar-refractivity contribution in [2.45, 2.75) is 39.2 Å². The van der Waals surface area contributed by atoms with Gasteiger partial charge in [-0.15, -0.1) is 11.3 Å². The minimum atomic E-state index is -0.768. The van der Waals surface area contributed by atoms with Crippen LogP contribution in [-0.2, 0) is 24.2 Å². The third-order valence-electron chi connectivity index (χ3n) is 3.03. The zero-order valence-electron chi connectivity index (χ0n) is 10.1. The summed E-state index contributed by atoms with van der Waals surface area (Å²) in [5, 5.41) is 9.92. The number of nitrogens with zero attached hydrogens (tertiary/aromatic N) is 2. The van der Waals surface area contributed by atoms with Crippen LogP contribution in [0.2, 0.25) is 0 Å². The molecule has 17 heavy (non-hydrogen) atoms. The maximum absolute atomic E-state index is 10.8. The van der Waals surface area contributed by atoms with Gasteiger partial charge in [0.25, 0.3) is 0 Å². The number of rotatable bonds is 5. The maximum Gasteiger partial charge on any atom is 0.308 e. The summed E-state index contributed by atoms with van der Waals surface area (Å²) < 4.78 is 0. The van der Waals surface area contributed by atoms with E-state index in [2.05, 4.69) is 9.88 Å². The van der Waals surface area contributed by atoms with Gasteiger partial charge in [-0.3, -0.25) is 9.69 Å². The van der Waals surface area contributed by atoms with E-state index in [-0.39, 0.29) is 6.42 Å². The highest BCUT2D eigenvalue weighted by Gasteiger charge is 2.17. The Balaban J connectivity index is 2.06. The van der Waals surface area contributed by atoms with E-state index < -0.39 is 5.97 Å². The van der Waals surface area contributed by atoms with Crippen molar-refractivity contribution in [3.8, 4) is 0 Å². The van der Waals surface area contributed by atoms with Crippen LogP contribution in [0.15, 0.2) is 0 Å². The van der Waals surface area contributed by atoms with Crippen molar-refractivity contribution in [1.29, 1.82) is 0 Å². The molecule has 0 unspecified atom stereocenters. The lowest BCUT2D eigenvalue weighted by Crippen LogP contribution is -2.18. The van der Waals surface area contributed by atoms with E-state index in [9.17, 15) is 4.79 Å². The first-order valence-corrected chi connectivity index (χ1v) is 6.92. The second kappa shape index (κ2) is 5.60. The van der Waals surface area contributed by atoms with Crippen molar-refractivity contribution in [2.75, 3.05) is 13.1 Å². The van der Waals surface area contributed by atoms with Gasteiger partial charge in [0, 0.05) is 4.88 Å². The van der Waals surface area contributed by atoms with Gasteiger partial charge in [0.2, 0.25) is 0 Å². The predicted molar refractivity (Wildman–Crippen MR) is 67.3 cm³/mol. The molecule has 2 rings (SSSR count). The largest absolute Gasteiger partial charge is 0.481 e. The molecule has 0 saturated carbocycles. The van der Waals surface area contributed by atoms with E-state index in [4.69, 9.17) is 5.11 Å². The molecular formula is C12H18N2O2S. The molecule has 0 radical (unpaired) electrons. The van der Waals surface area contributed by atoms with Crippen LogP contribution in [0.5, 0.6) is 0 Å². The molecule has 2 heterocycles. The van der Waals surface area contributed by atoms with Crippen molar-refractivity contribution >= 4 is 17.3 Å². The first-order chi connectivity index (χ1) is 8.19. The predicted octanol–water partition coefficient (Wildman–Crippen LogP) is 1.93. The second-order valence-electron chi connectivity index (χ2n) is 4.38. The summed E-state index contributed by atoms with van der Waals surface area (Å²) >= 11 is 1.57. The fraction of sp³-hybridized carbons (Fsp3) is 0.667. The van der Waals surface area contributed by atoms with Gasteiger partial charge in [-0.05, 0) is 32.4 Å². The van der Waals surface area contributed by atoms with Crippen molar-refractivity contribution in [3.63, 3.8) is 0 Å². The van der Waals surface area contributed by atoms with Gasteiger partial charge in [-0.1, -0.05) is 6.92 Å². The smallest absolute Gasteiger partial charge is 0.308 e. The lowest BCUT2D eigenvalue weighted by molar-refractivity contribution is -0.136. The number of carboxylic acids is 1. The molecule has 4 nitrogen and oxygen atoms in total. The fourth-order valence-corrected chi connectivity index (χ4v) is 3.38. The number of thiazole rings is 1.